The zero-order valence-electron chi connectivity index (χ0n) is 10.6. The summed E-state index contributed by atoms with van der Waals surface area (Å²) in [5.74, 6) is -1.45. The normalized spacial score (nSPS) is 23.6. The second-order valence-electron chi connectivity index (χ2n) is 5.22. The lowest BCUT2D eigenvalue weighted by atomic mass is 9.71. The van der Waals surface area contributed by atoms with Gasteiger partial charge in [-0.15, -0.1) is 0 Å². The van der Waals surface area contributed by atoms with E-state index in [1.165, 1.54) is 0 Å². The van der Waals surface area contributed by atoms with Gasteiger partial charge in [-0.1, -0.05) is 13.8 Å². The summed E-state index contributed by atoms with van der Waals surface area (Å²) in [6, 6.07) is 3.02. The first-order valence-corrected chi connectivity index (χ1v) is 6.17. The van der Waals surface area contributed by atoms with E-state index < -0.39 is 17.0 Å². The van der Waals surface area contributed by atoms with Crippen molar-refractivity contribution in [3.63, 3.8) is 0 Å². The molecule has 1 atom stereocenters. The number of benzene rings is 1. The van der Waals surface area contributed by atoms with Gasteiger partial charge in [-0.25, -0.2) is 8.78 Å². The van der Waals surface area contributed by atoms with Crippen molar-refractivity contribution in [3.05, 3.63) is 35.4 Å². The fourth-order valence-electron chi connectivity index (χ4n) is 2.63. The van der Waals surface area contributed by atoms with Crippen LogP contribution >= 0.6 is 0 Å². The molecule has 0 aliphatic carbocycles. The van der Waals surface area contributed by atoms with Gasteiger partial charge >= 0.3 is 0 Å². The number of carbonyl (C=O) groups is 1. The van der Waals surface area contributed by atoms with Crippen molar-refractivity contribution in [2.45, 2.75) is 20.3 Å². The molecular weight excluding hydrogens is 236 g/mol. The predicted octanol–water partition coefficient (Wildman–Crippen LogP) is 2.78. The summed E-state index contributed by atoms with van der Waals surface area (Å²) in [6.07, 6.45) is 0.710. The fraction of sp³-hybridized carbons (Fsp3) is 0.500. The minimum Gasteiger partial charge on any atom is -0.316 e. The lowest BCUT2D eigenvalue weighted by Crippen LogP contribution is -2.38. The number of carbonyl (C=O) groups excluding carboxylic acids is 1. The molecule has 1 saturated heterocycles. The molecule has 0 radical (unpaired) electrons. The van der Waals surface area contributed by atoms with Gasteiger partial charge in [-0.05, 0) is 31.0 Å². The molecule has 1 aromatic carbocycles. The average Bonchev–Trinajstić information content (AvgIpc) is 2.76. The number of halogens is 2. The number of Topliss-reactive ketones (excluding diaryl/α,β-unsaturated/α-hetero) is 1. The molecule has 0 saturated carbocycles. The Morgan fingerprint density at radius 1 is 1.28 bits per heavy atom. The van der Waals surface area contributed by atoms with Crippen molar-refractivity contribution in [1.82, 2.24) is 5.32 Å². The van der Waals surface area contributed by atoms with Gasteiger partial charge < -0.3 is 5.32 Å². The molecule has 1 fully saturated rings. The number of ketones is 1. The van der Waals surface area contributed by atoms with Crippen LogP contribution in [0.15, 0.2) is 18.2 Å². The average molecular weight is 253 g/mol. The van der Waals surface area contributed by atoms with Crippen LogP contribution in [0.2, 0.25) is 0 Å². The first-order valence-electron chi connectivity index (χ1n) is 6.17. The van der Waals surface area contributed by atoms with Crippen LogP contribution in [0, 0.1) is 23.0 Å². The van der Waals surface area contributed by atoms with E-state index in [0.29, 0.717) is 13.0 Å². The zero-order valence-corrected chi connectivity index (χ0v) is 10.6. The fourth-order valence-corrected chi connectivity index (χ4v) is 2.63. The summed E-state index contributed by atoms with van der Waals surface area (Å²) < 4.78 is 26.4. The highest BCUT2D eigenvalue weighted by atomic mass is 19.1. The van der Waals surface area contributed by atoms with E-state index in [9.17, 15) is 13.6 Å². The van der Waals surface area contributed by atoms with Gasteiger partial charge in [0, 0.05) is 23.6 Å². The SMILES string of the molecule is CC(C)C1(C(=O)c2cc(F)cc(F)c2)CCNC1. The van der Waals surface area contributed by atoms with Crippen LogP contribution < -0.4 is 5.32 Å². The summed E-state index contributed by atoms with van der Waals surface area (Å²) in [7, 11) is 0. The highest BCUT2D eigenvalue weighted by Gasteiger charge is 2.44. The van der Waals surface area contributed by atoms with Crippen molar-refractivity contribution in [1.29, 1.82) is 0 Å². The van der Waals surface area contributed by atoms with E-state index >= 15 is 0 Å². The minimum absolute atomic E-state index is 0.130. The molecule has 1 N–H and O–H groups in total. The van der Waals surface area contributed by atoms with Crippen molar-refractivity contribution in [2.24, 2.45) is 11.3 Å². The maximum Gasteiger partial charge on any atom is 0.170 e. The van der Waals surface area contributed by atoms with Crippen molar-refractivity contribution in [3.8, 4) is 0 Å². The van der Waals surface area contributed by atoms with Crippen LogP contribution in [-0.2, 0) is 0 Å². The maximum atomic E-state index is 13.2. The van der Waals surface area contributed by atoms with Crippen LogP contribution in [0.1, 0.15) is 30.6 Å². The van der Waals surface area contributed by atoms with Gasteiger partial charge in [0.15, 0.2) is 5.78 Å². The van der Waals surface area contributed by atoms with Crippen LogP contribution in [0.4, 0.5) is 8.78 Å². The topological polar surface area (TPSA) is 29.1 Å². The van der Waals surface area contributed by atoms with Gasteiger partial charge in [-0.2, -0.15) is 0 Å². The summed E-state index contributed by atoms with van der Waals surface area (Å²) in [4.78, 5) is 12.5. The molecule has 0 spiro atoms. The van der Waals surface area contributed by atoms with E-state index in [0.717, 1.165) is 24.7 Å². The smallest absolute Gasteiger partial charge is 0.170 e. The molecular formula is C14H17F2NO. The molecule has 4 heteroatoms. The highest BCUT2D eigenvalue weighted by Crippen LogP contribution is 2.37. The molecule has 0 amide bonds. The largest absolute Gasteiger partial charge is 0.316 e. The van der Waals surface area contributed by atoms with Crippen LogP contribution in [0.5, 0.6) is 0 Å². The second kappa shape index (κ2) is 4.76. The number of hydrogen-bond donors (Lipinski definition) is 1. The Bertz CT molecular complexity index is 445. The summed E-state index contributed by atoms with van der Waals surface area (Å²) in [6.45, 7) is 5.28. The molecule has 1 aromatic rings. The third-order valence-corrected chi connectivity index (χ3v) is 3.87. The standard InChI is InChI=1S/C14H17F2NO/c1-9(2)14(3-4-17-8-14)13(18)10-5-11(15)7-12(16)6-10/h5-7,9,17H,3-4,8H2,1-2H3. The first kappa shape index (κ1) is 13.1. The molecule has 2 nitrogen and oxygen atoms in total. The Balaban J connectivity index is 2.40. The first-order chi connectivity index (χ1) is 8.45. The highest BCUT2D eigenvalue weighted by molar-refractivity contribution is 6.01. The molecule has 1 aliphatic rings. The summed E-state index contributed by atoms with van der Waals surface area (Å²) in [5.41, 5.74) is -0.412. The van der Waals surface area contributed by atoms with E-state index in [4.69, 9.17) is 0 Å². The summed E-state index contributed by atoms with van der Waals surface area (Å²) in [5, 5.41) is 3.17. The lowest BCUT2D eigenvalue weighted by Gasteiger charge is -2.31. The Labute approximate surface area is 105 Å². The molecule has 0 aromatic heterocycles. The Hall–Kier alpha value is -1.29. The van der Waals surface area contributed by atoms with Gasteiger partial charge in [-0.3, -0.25) is 4.79 Å². The summed E-state index contributed by atoms with van der Waals surface area (Å²) >= 11 is 0. The van der Waals surface area contributed by atoms with E-state index in [1.807, 2.05) is 13.8 Å². The van der Waals surface area contributed by atoms with Gasteiger partial charge in [0.1, 0.15) is 11.6 Å². The van der Waals surface area contributed by atoms with E-state index in [-0.39, 0.29) is 17.3 Å². The van der Waals surface area contributed by atoms with Gasteiger partial charge in [0.25, 0.3) is 0 Å². The van der Waals surface area contributed by atoms with E-state index in [2.05, 4.69) is 5.32 Å². The Morgan fingerprint density at radius 3 is 2.33 bits per heavy atom. The zero-order chi connectivity index (χ0) is 13.3. The molecule has 1 unspecified atom stereocenters. The third kappa shape index (κ3) is 2.17. The van der Waals surface area contributed by atoms with Gasteiger partial charge in [0.05, 0.1) is 0 Å². The van der Waals surface area contributed by atoms with Crippen molar-refractivity contribution in [2.75, 3.05) is 13.1 Å². The molecule has 2 rings (SSSR count). The van der Waals surface area contributed by atoms with Crippen LogP contribution in [-0.4, -0.2) is 18.9 Å². The van der Waals surface area contributed by atoms with Crippen molar-refractivity contribution < 1.29 is 13.6 Å². The number of rotatable bonds is 3. The lowest BCUT2D eigenvalue weighted by molar-refractivity contribution is 0.0739. The molecule has 98 valence electrons. The van der Waals surface area contributed by atoms with Gasteiger partial charge in [0.2, 0.25) is 0 Å². The minimum atomic E-state index is -0.705. The second-order valence-corrected chi connectivity index (χ2v) is 5.22. The van der Waals surface area contributed by atoms with Crippen LogP contribution in [0.3, 0.4) is 0 Å². The molecule has 1 aliphatic heterocycles. The number of hydrogen-bond acceptors (Lipinski definition) is 2. The van der Waals surface area contributed by atoms with Crippen LogP contribution in [0.25, 0.3) is 0 Å². The third-order valence-electron chi connectivity index (χ3n) is 3.87. The Kier molecular flexibility index (Phi) is 3.48. The molecule has 18 heavy (non-hydrogen) atoms. The molecule has 1 heterocycles. The maximum absolute atomic E-state index is 13.2. The Morgan fingerprint density at radius 2 is 1.89 bits per heavy atom. The monoisotopic (exact) mass is 253 g/mol. The number of nitrogens with one attached hydrogen (secondary N) is 1. The molecule has 0 bridgehead atoms. The van der Waals surface area contributed by atoms with Crippen molar-refractivity contribution >= 4 is 5.78 Å². The predicted molar refractivity (Wildman–Crippen MR) is 65.4 cm³/mol. The van der Waals surface area contributed by atoms with E-state index in [1.54, 1.807) is 0 Å². The quantitative estimate of drug-likeness (QED) is 0.839.